The second-order valence-electron chi connectivity index (χ2n) is 13.3. The molecule has 2 aliphatic rings. The van der Waals surface area contributed by atoms with E-state index in [0.29, 0.717) is 48.0 Å². The number of hydrogen-bond donors (Lipinski definition) is 0. The summed E-state index contributed by atoms with van der Waals surface area (Å²) in [7, 11) is 0. The molecule has 252 valence electrons. The molecule has 8 rings (SSSR count). The topological polar surface area (TPSA) is 52.6 Å². The molecule has 0 radical (unpaired) electrons. The lowest BCUT2D eigenvalue weighted by atomic mass is 10.0. The third-order valence-corrected chi connectivity index (χ3v) is 10.9. The fraction of sp³-hybridized carbons (Fsp3) is 0.227. The van der Waals surface area contributed by atoms with Gasteiger partial charge in [0.15, 0.2) is 0 Å². The lowest BCUT2D eigenvalue weighted by Crippen LogP contribution is -2.06. The lowest BCUT2D eigenvalue weighted by molar-refractivity contribution is 0.0485. The number of rotatable bonds is 10. The number of hydrogen-bond acceptors (Lipinski definition) is 4. The molecular formula is C44H38Br2O4. The normalized spacial score (nSPS) is 18.9. The number of ether oxygens (including phenoxy) is 2. The van der Waals surface area contributed by atoms with E-state index in [0.717, 1.165) is 21.8 Å². The average Bonchev–Trinajstić information content (AvgIpc) is 4.09. The van der Waals surface area contributed by atoms with Gasteiger partial charge in [-0.15, -0.1) is 0 Å². The highest BCUT2D eigenvalue weighted by Gasteiger charge is 2.38. The van der Waals surface area contributed by atoms with Crippen LogP contribution in [0.5, 0.6) is 0 Å². The monoisotopic (exact) mass is 788 g/mol. The molecule has 0 heterocycles. The first-order valence-electron chi connectivity index (χ1n) is 17.2. The fourth-order valence-electron chi connectivity index (χ4n) is 6.77. The van der Waals surface area contributed by atoms with E-state index in [4.69, 9.17) is 9.47 Å². The van der Waals surface area contributed by atoms with Crippen LogP contribution >= 0.6 is 31.9 Å². The number of benzene rings is 6. The van der Waals surface area contributed by atoms with Gasteiger partial charge in [0.05, 0.1) is 24.3 Å². The Labute approximate surface area is 310 Å². The van der Waals surface area contributed by atoms with Crippen LogP contribution in [0.1, 0.15) is 69.4 Å². The van der Waals surface area contributed by atoms with Gasteiger partial charge in [0.25, 0.3) is 0 Å². The number of esters is 2. The van der Waals surface area contributed by atoms with E-state index in [1.807, 2.05) is 24.3 Å². The zero-order valence-corrected chi connectivity index (χ0v) is 30.8. The van der Waals surface area contributed by atoms with Gasteiger partial charge in [-0.3, -0.25) is 0 Å². The first-order chi connectivity index (χ1) is 24.4. The summed E-state index contributed by atoms with van der Waals surface area (Å²) < 4.78 is 12.8. The molecule has 0 saturated heterocycles. The smallest absolute Gasteiger partial charge is 0.338 e. The van der Waals surface area contributed by atoms with Crippen molar-refractivity contribution >= 4 is 65.3 Å². The van der Waals surface area contributed by atoms with E-state index in [2.05, 4.69) is 117 Å². The van der Waals surface area contributed by atoms with E-state index in [1.54, 1.807) is 24.3 Å². The molecule has 6 heteroatoms. The van der Waals surface area contributed by atoms with Gasteiger partial charge in [-0.05, 0) is 131 Å². The van der Waals surface area contributed by atoms with E-state index in [-0.39, 0.29) is 11.9 Å². The molecule has 4 nitrogen and oxygen atoms in total. The SMILES string of the molecule is O=C(OCC[C@H]1C[C@@H]1c1ccc2ccccc2c1)c1ccc(Br)cc1.O=C(OCC[C@H]1C[C@@H]1c1ccc2ccccc2c1)c1ccc(Br)cc1. The van der Waals surface area contributed by atoms with Gasteiger partial charge < -0.3 is 9.47 Å². The predicted octanol–water partition coefficient (Wildman–Crippen LogP) is 11.9. The van der Waals surface area contributed by atoms with Crippen LogP contribution in [0, 0.1) is 11.8 Å². The van der Waals surface area contributed by atoms with Crippen molar-refractivity contribution in [3.8, 4) is 0 Å². The van der Waals surface area contributed by atoms with Gasteiger partial charge >= 0.3 is 11.9 Å². The molecule has 2 saturated carbocycles. The summed E-state index contributed by atoms with van der Waals surface area (Å²) in [5.74, 6) is 1.98. The van der Waals surface area contributed by atoms with Crippen LogP contribution in [0.25, 0.3) is 21.5 Å². The van der Waals surface area contributed by atoms with Crippen molar-refractivity contribution in [1.82, 2.24) is 0 Å². The lowest BCUT2D eigenvalue weighted by Gasteiger charge is -2.06. The van der Waals surface area contributed by atoms with E-state index in [9.17, 15) is 9.59 Å². The first kappa shape index (κ1) is 34.2. The highest BCUT2D eigenvalue weighted by molar-refractivity contribution is 9.10. The molecule has 0 spiro atoms. The van der Waals surface area contributed by atoms with Crippen molar-refractivity contribution in [1.29, 1.82) is 0 Å². The molecule has 0 unspecified atom stereocenters. The van der Waals surface area contributed by atoms with E-state index in [1.165, 1.54) is 45.5 Å². The van der Waals surface area contributed by atoms with Crippen molar-refractivity contribution in [2.45, 2.75) is 37.5 Å². The molecule has 0 N–H and O–H groups in total. The molecule has 0 bridgehead atoms. The maximum Gasteiger partial charge on any atom is 0.338 e. The van der Waals surface area contributed by atoms with Gasteiger partial charge in [-0.1, -0.05) is 117 Å². The molecule has 2 aliphatic carbocycles. The van der Waals surface area contributed by atoms with Crippen LogP contribution in [0.4, 0.5) is 0 Å². The van der Waals surface area contributed by atoms with Gasteiger partial charge in [-0.2, -0.15) is 0 Å². The molecule has 0 aromatic heterocycles. The summed E-state index contributed by atoms with van der Waals surface area (Å²) in [6, 6.07) is 44.9. The van der Waals surface area contributed by atoms with Crippen LogP contribution in [0.2, 0.25) is 0 Å². The van der Waals surface area contributed by atoms with Crippen LogP contribution in [0.15, 0.2) is 142 Å². The second-order valence-corrected chi connectivity index (χ2v) is 15.1. The number of fused-ring (bicyclic) bond motifs is 2. The van der Waals surface area contributed by atoms with Gasteiger partial charge in [0, 0.05) is 8.95 Å². The van der Waals surface area contributed by atoms with Crippen LogP contribution in [0.3, 0.4) is 0 Å². The zero-order valence-electron chi connectivity index (χ0n) is 27.6. The minimum atomic E-state index is -0.240. The molecule has 6 aromatic carbocycles. The van der Waals surface area contributed by atoms with E-state index < -0.39 is 0 Å². The van der Waals surface area contributed by atoms with E-state index >= 15 is 0 Å². The zero-order chi connectivity index (χ0) is 34.5. The Morgan fingerprint density at radius 1 is 0.500 bits per heavy atom. The average molecular weight is 791 g/mol. The highest BCUT2D eigenvalue weighted by Crippen LogP contribution is 2.50. The second kappa shape index (κ2) is 15.7. The molecule has 0 amide bonds. The number of carbonyl (C=O) groups is 2. The highest BCUT2D eigenvalue weighted by atomic mass is 79.9. The van der Waals surface area contributed by atoms with Crippen molar-refractivity contribution in [3.63, 3.8) is 0 Å². The van der Waals surface area contributed by atoms with Gasteiger partial charge in [0.1, 0.15) is 0 Å². The maximum atomic E-state index is 12.0. The summed E-state index contributed by atoms with van der Waals surface area (Å²) in [6.07, 6.45) is 4.24. The summed E-state index contributed by atoms with van der Waals surface area (Å²) in [6.45, 7) is 0.979. The Morgan fingerprint density at radius 2 is 0.880 bits per heavy atom. The van der Waals surface area contributed by atoms with Crippen molar-refractivity contribution in [3.05, 3.63) is 165 Å². The predicted molar refractivity (Wildman–Crippen MR) is 208 cm³/mol. The fourth-order valence-corrected chi connectivity index (χ4v) is 7.30. The minimum absolute atomic E-state index is 0.240. The molecular weight excluding hydrogens is 752 g/mol. The van der Waals surface area contributed by atoms with Gasteiger partial charge in [-0.25, -0.2) is 9.59 Å². The molecule has 0 aliphatic heterocycles. The summed E-state index contributed by atoms with van der Waals surface area (Å²) >= 11 is 6.73. The van der Waals surface area contributed by atoms with Crippen molar-refractivity contribution in [2.75, 3.05) is 13.2 Å². The standard InChI is InChI=1S/2C22H19BrO2/c2*23-20-9-7-16(8-10-20)22(24)25-12-11-19-14-21(19)18-6-5-15-3-1-2-4-17(15)13-18/h2*1-10,13,19,21H,11-12,14H2/t2*19-,21+/m00/s1. The summed E-state index contributed by atoms with van der Waals surface area (Å²) in [5.41, 5.74) is 4.01. The summed E-state index contributed by atoms with van der Waals surface area (Å²) in [5, 5.41) is 5.17. The molecule has 2 fully saturated rings. The molecule has 50 heavy (non-hydrogen) atoms. The Bertz CT molecular complexity index is 1960. The maximum absolute atomic E-state index is 12.0. The Balaban J connectivity index is 0.000000157. The van der Waals surface area contributed by atoms with Crippen LogP contribution in [-0.4, -0.2) is 25.2 Å². The largest absolute Gasteiger partial charge is 0.462 e. The van der Waals surface area contributed by atoms with Crippen LogP contribution < -0.4 is 0 Å². The quantitative estimate of drug-likeness (QED) is 0.130. The third-order valence-electron chi connectivity index (χ3n) is 9.85. The number of carbonyl (C=O) groups excluding carboxylic acids is 2. The van der Waals surface area contributed by atoms with Gasteiger partial charge in [0.2, 0.25) is 0 Å². The third kappa shape index (κ3) is 8.72. The van der Waals surface area contributed by atoms with Crippen LogP contribution in [-0.2, 0) is 9.47 Å². The summed E-state index contributed by atoms with van der Waals surface area (Å²) in [4.78, 5) is 24.0. The van der Waals surface area contributed by atoms with Crippen molar-refractivity contribution in [2.24, 2.45) is 11.8 Å². The Kier molecular flexibility index (Phi) is 10.8. The minimum Gasteiger partial charge on any atom is -0.462 e. The van der Waals surface area contributed by atoms with Crippen molar-refractivity contribution < 1.29 is 19.1 Å². The Morgan fingerprint density at radius 3 is 1.28 bits per heavy atom. The first-order valence-corrected chi connectivity index (χ1v) is 18.8. The molecule has 4 atom stereocenters. The Hall–Kier alpha value is -4.26. The number of halogens is 2. The molecule has 6 aromatic rings.